The van der Waals surface area contributed by atoms with E-state index in [0.717, 1.165) is 6.42 Å². The summed E-state index contributed by atoms with van der Waals surface area (Å²) in [6, 6.07) is 0. The molecule has 0 saturated heterocycles. The number of guanidine groups is 1. The van der Waals surface area contributed by atoms with E-state index in [1.54, 1.807) is 0 Å². The molecule has 0 aliphatic carbocycles. The number of nitrogens with two attached hydrogens (primary N) is 1. The Bertz CT molecular complexity index is 195. The van der Waals surface area contributed by atoms with Gasteiger partial charge in [0.25, 0.3) is 0 Å². The van der Waals surface area contributed by atoms with E-state index in [1.807, 2.05) is 0 Å². The van der Waals surface area contributed by atoms with Crippen LogP contribution in [-0.2, 0) is 0 Å². The van der Waals surface area contributed by atoms with Crippen molar-refractivity contribution in [1.82, 2.24) is 5.32 Å². The van der Waals surface area contributed by atoms with Crippen LogP contribution in [0.25, 0.3) is 0 Å². The average Bonchev–Trinajstić information content (AvgIpc) is 1.98. The van der Waals surface area contributed by atoms with Gasteiger partial charge < -0.3 is 11.1 Å². The minimum Gasteiger partial charge on any atom is -0.370 e. The molecule has 0 unspecified atom stereocenters. The Morgan fingerprint density at radius 2 is 1.79 bits per heavy atom. The Balaban J connectivity index is 4.43. The van der Waals surface area contributed by atoms with Gasteiger partial charge in [0, 0.05) is 5.54 Å². The largest absolute Gasteiger partial charge is 0.370 e. The standard InChI is InChI=1S/C11H25N3/c1-6-7-8-10(2,3)11(4,5)14-9(12)13/h6-8H2,1-5H3,(H4,12,13,14). The van der Waals surface area contributed by atoms with Crippen molar-refractivity contribution >= 4 is 5.96 Å². The molecule has 0 aliphatic heterocycles. The fraction of sp³-hybridized carbons (Fsp3) is 0.909. The van der Waals surface area contributed by atoms with E-state index in [1.165, 1.54) is 12.8 Å². The molecule has 14 heavy (non-hydrogen) atoms. The lowest BCUT2D eigenvalue weighted by Gasteiger charge is -2.42. The van der Waals surface area contributed by atoms with E-state index in [-0.39, 0.29) is 16.9 Å². The number of rotatable bonds is 5. The second-order valence-electron chi connectivity index (χ2n) is 5.15. The van der Waals surface area contributed by atoms with Crippen LogP contribution in [0, 0.1) is 10.8 Å². The smallest absolute Gasteiger partial charge is 0.186 e. The first-order valence-electron chi connectivity index (χ1n) is 5.35. The normalized spacial score (nSPS) is 12.6. The summed E-state index contributed by atoms with van der Waals surface area (Å²) in [6.07, 6.45) is 3.58. The van der Waals surface area contributed by atoms with Crippen LogP contribution >= 0.6 is 0 Å². The van der Waals surface area contributed by atoms with Gasteiger partial charge in [-0.1, -0.05) is 33.6 Å². The highest BCUT2D eigenvalue weighted by atomic mass is 15.1. The van der Waals surface area contributed by atoms with Crippen LogP contribution in [0.15, 0.2) is 0 Å². The van der Waals surface area contributed by atoms with Crippen molar-refractivity contribution in [3.8, 4) is 0 Å². The fourth-order valence-corrected chi connectivity index (χ4v) is 1.44. The maximum atomic E-state index is 7.27. The van der Waals surface area contributed by atoms with Crippen molar-refractivity contribution in [2.45, 2.75) is 59.4 Å². The highest BCUT2D eigenvalue weighted by molar-refractivity contribution is 5.75. The van der Waals surface area contributed by atoms with Gasteiger partial charge in [-0.15, -0.1) is 0 Å². The molecule has 0 fully saturated rings. The van der Waals surface area contributed by atoms with Gasteiger partial charge >= 0.3 is 0 Å². The van der Waals surface area contributed by atoms with Crippen LogP contribution in [0.3, 0.4) is 0 Å². The van der Waals surface area contributed by atoms with E-state index >= 15 is 0 Å². The van der Waals surface area contributed by atoms with E-state index in [0.29, 0.717) is 0 Å². The molecule has 0 aliphatic rings. The van der Waals surface area contributed by atoms with Crippen LogP contribution < -0.4 is 11.1 Å². The van der Waals surface area contributed by atoms with E-state index in [2.05, 4.69) is 39.9 Å². The highest BCUT2D eigenvalue weighted by Crippen LogP contribution is 2.35. The third kappa shape index (κ3) is 3.56. The van der Waals surface area contributed by atoms with Crippen molar-refractivity contribution < 1.29 is 0 Å². The van der Waals surface area contributed by atoms with Gasteiger partial charge in [0.05, 0.1) is 0 Å². The molecule has 84 valence electrons. The molecule has 0 rings (SSSR count). The fourth-order valence-electron chi connectivity index (χ4n) is 1.44. The van der Waals surface area contributed by atoms with E-state index < -0.39 is 0 Å². The van der Waals surface area contributed by atoms with Crippen molar-refractivity contribution in [1.29, 1.82) is 5.41 Å². The highest BCUT2D eigenvalue weighted by Gasteiger charge is 2.36. The minimum atomic E-state index is -0.131. The topological polar surface area (TPSA) is 61.9 Å². The van der Waals surface area contributed by atoms with Crippen LogP contribution in [0.1, 0.15) is 53.9 Å². The maximum Gasteiger partial charge on any atom is 0.186 e. The number of hydrogen-bond donors (Lipinski definition) is 3. The lowest BCUT2D eigenvalue weighted by Crippen LogP contribution is -2.55. The van der Waals surface area contributed by atoms with Gasteiger partial charge in [0.2, 0.25) is 0 Å². The first-order valence-corrected chi connectivity index (χ1v) is 5.35. The molecule has 0 heterocycles. The summed E-state index contributed by atoms with van der Waals surface area (Å²) in [5.41, 5.74) is 5.39. The van der Waals surface area contributed by atoms with Gasteiger partial charge in [-0.25, -0.2) is 0 Å². The van der Waals surface area contributed by atoms with Crippen LogP contribution in [0.5, 0.6) is 0 Å². The monoisotopic (exact) mass is 199 g/mol. The molecule has 3 heteroatoms. The predicted octanol–water partition coefficient (Wildman–Crippen LogP) is 2.46. The summed E-state index contributed by atoms with van der Waals surface area (Å²) < 4.78 is 0. The Morgan fingerprint density at radius 3 is 2.14 bits per heavy atom. The third-order valence-corrected chi connectivity index (χ3v) is 3.29. The molecular formula is C11H25N3. The summed E-state index contributed by atoms with van der Waals surface area (Å²) in [7, 11) is 0. The van der Waals surface area contributed by atoms with Crippen molar-refractivity contribution in [3.63, 3.8) is 0 Å². The average molecular weight is 199 g/mol. The van der Waals surface area contributed by atoms with Crippen LogP contribution in [-0.4, -0.2) is 11.5 Å². The predicted molar refractivity (Wildman–Crippen MR) is 62.4 cm³/mol. The molecule has 0 aromatic carbocycles. The number of nitrogens with one attached hydrogen (secondary N) is 2. The molecular weight excluding hydrogens is 174 g/mol. The Kier molecular flexibility index (Phi) is 4.43. The molecule has 0 amide bonds. The van der Waals surface area contributed by atoms with Crippen LogP contribution in [0.2, 0.25) is 0 Å². The Labute approximate surface area is 88.0 Å². The summed E-state index contributed by atoms with van der Waals surface area (Å²) in [5, 5.41) is 10.3. The summed E-state index contributed by atoms with van der Waals surface area (Å²) in [4.78, 5) is 0. The molecule has 0 saturated carbocycles. The lowest BCUT2D eigenvalue weighted by atomic mass is 9.71. The Morgan fingerprint density at radius 1 is 1.29 bits per heavy atom. The van der Waals surface area contributed by atoms with Crippen LogP contribution in [0.4, 0.5) is 0 Å². The van der Waals surface area contributed by atoms with Gasteiger partial charge in [-0.05, 0) is 25.7 Å². The van der Waals surface area contributed by atoms with Gasteiger partial charge in [-0.3, -0.25) is 5.41 Å². The molecule has 0 radical (unpaired) electrons. The first-order chi connectivity index (χ1) is 6.23. The number of unbranched alkanes of at least 4 members (excludes halogenated alkanes) is 1. The summed E-state index contributed by atoms with van der Waals surface area (Å²) in [5.74, 6) is 0.0552. The SMILES string of the molecule is CCCCC(C)(C)C(C)(C)NC(=N)N. The quantitative estimate of drug-likeness (QED) is 0.470. The van der Waals surface area contributed by atoms with Gasteiger partial charge in [-0.2, -0.15) is 0 Å². The van der Waals surface area contributed by atoms with E-state index in [9.17, 15) is 0 Å². The molecule has 4 N–H and O–H groups in total. The third-order valence-electron chi connectivity index (χ3n) is 3.29. The molecule has 3 nitrogen and oxygen atoms in total. The minimum absolute atomic E-state index is 0.0552. The van der Waals surface area contributed by atoms with E-state index in [4.69, 9.17) is 11.1 Å². The zero-order valence-electron chi connectivity index (χ0n) is 10.2. The van der Waals surface area contributed by atoms with Crippen molar-refractivity contribution in [3.05, 3.63) is 0 Å². The lowest BCUT2D eigenvalue weighted by molar-refractivity contribution is 0.159. The molecule has 0 bridgehead atoms. The maximum absolute atomic E-state index is 7.27. The van der Waals surface area contributed by atoms with Crippen molar-refractivity contribution in [2.75, 3.05) is 0 Å². The molecule has 0 aromatic rings. The summed E-state index contributed by atoms with van der Waals surface area (Å²) in [6.45, 7) is 10.8. The zero-order valence-corrected chi connectivity index (χ0v) is 10.2. The second-order valence-corrected chi connectivity index (χ2v) is 5.15. The molecule has 0 atom stereocenters. The zero-order chi connectivity index (χ0) is 11.4. The van der Waals surface area contributed by atoms with Crippen molar-refractivity contribution in [2.24, 2.45) is 11.1 Å². The van der Waals surface area contributed by atoms with Gasteiger partial charge in [0.1, 0.15) is 0 Å². The molecule has 0 aromatic heterocycles. The first kappa shape index (κ1) is 13.3. The second kappa shape index (κ2) is 4.67. The summed E-state index contributed by atoms with van der Waals surface area (Å²) >= 11 is 0. The van der Waals surface area contributed by atoms with Gasteiger partial charge in [0.15, 0.2) is 5.96 Å². The molecule has 0 spiro atoms. The Hall–Kier alpha value is -0.730. The number of hydrogen-bond acceptors (Lipinski definition) is 1.